The largest absolute Gasteiger partial charge is 0.445 e. The van der Waals surface area contributed by atoms with E-state index in [2.05, 4.69) is 6.92 Å². The normalized spacial score (nSPS) is 14.0. The van der Waals surface area contributed by atoms with Crippen molar-refractivity contribution >= 4 is 5.97 Å². The second-order valence-corrected chi connectivity index (χ2v) is 5.71. The van der Waals surface area contributed by atoms with Crippen LogP contribution in [-0.4, -0.2) is 18.2 Å². The van der Waals surface area contributed by atoms with Gasteiger partial charge in [-0.15, -0.1) is 0 Å². The molecule has 0 aromatic carbocycles. The van der Waals surface area contributed by atoms with Gasteiger partial charge in [0, 0.05) is 6.92 Å². The summed E-state index contributed by atoms with van der Waals surface area (Å²) < 4.78 is 4.87. The van der Waals surface area contributed by atoms with E-state index in [9.17, 15) is 4.79 Å². The predicted molar refractivity (Wildman–Crippen MR) is 84.2 cm³/mol. The number of rotatable bonds is 13. The van der Waals surface area contributed by atoms with E-state index in [0.29, 0.717) is 0 Å². The molecule has 120 valence electrons. The third-order valence-electron chi connectivity index (χ3n) is 3.62. The standard InChI is InChI=1S/C16H34N2O2/c1-3-4-5-6-7-8-9-10-11-12-13-15(17)16(18)20-14(2)19/h15-16H,3-13,17-18H2,1-2H3. The van der Waals surface area contributed by atoms with Crippen LogP contribution in [0.4, 0.5) is 0 Å². The zero-order chi connectivity index (χ0) is 15.2. The fourth-order valence-corrected chi connectivity index (χ4v) is 2.31. The van der Waals surface area contributed by atoms with Crippen LogP contribution >= 0.6 is 0 Å². The SMILES string of the molecule is CCCCCCCCCCCCC(N)C(N)OC(C)=O. The maximum atomic E-state index is 10.7. The van der Waals surface area contributed by atoms with Crippen molar-refractivity contribution in [1.82, 2.24) is 0 Å². The van der Waals surface area contributed by atoms with Crippen molar-refractivity contribution in [2.75, 3.05) is 0 Å². The number of carbonyl (C=O) groups excluding carboxylic acids is 1. The Morgan fingerprint density at radius 2 is 1.35 bits per heavy atom. The van der Waals surface area contributed by atoms with Crippen LogP contribution < -0.4 is 11.5 Å². The lowest BCUT2D eigenvalue weighted by Gasteiger charge is -2.19. The van der Waals surface area contributed by atoms with Crippen LogP contribution in [0.2, 0.25) is 0 Å². The minimum Gasteiger partial charge on any atom is -0.445 e. The smallest absolute Gasteiger partial charge is 0.304 e. The Morgan fingerprint density at radius 1 is 0.900 bits per heavy atom. The first-order chi connectivity index (χ1) is 9.57. The molecular weight excluding hydrogens is 252 g/mol. The van der Waals surface area contributed by atoms with Crippen LogP contribution in [0, 0.1) is 0 Å². The van der Waals surface area contributed by atoms with Gasteiger partial charge >= 0.3 is 5.97 Å². The molecule has 0 amide bonds. The Kier molecular flexibility index (Phi) is 13.0. The summed E-state index contributed by atoms with van der Waals surface area (Å²) in [7, 11) is 0. The van der Waals surface area contributed by atoms with Crippen LogP contribution in [0.5, 0.6) is 0 Å². The van der Waals surface area contributed by atoms with Gasteiger partial charge < -0.3 is 10.5 Å². The summed E-state index contributed by atoms with van der Waals surface area (Å²) >= 11 is 0. The van der Waals surface area contributed by atoms with Crippen molar-refractivity contribution in [3.05, 3.63) is 0 Å². The number of esters is 1. The minimum absolute atomic E-state index is 0.243. The molecule has 4 nitrogen and oxygen atoms in total. The average Bonchev–Trinajstić information content (AvgIpc) is 2.39. The summed E-state index contributed by atoms with van der Waals surface area (Å²) in [6.07, 6.45) is 13.2. The highest BCUT2D eigenvalue weighted by Gasteiger charge is 2.15. The summed E-state index contributed by atoms with van der Waals surface area (Å²) in [6, 6.07) is -0.243. The molecule has 0 aliphatic heterocycles. The molecule has 4 heteroatoms. The predicted octanol–water partition coefficient (Wildman–Crippen LogP) is 3.47. The highest BCUT2D eigenvalue weighted by molar-refractivity contribution is 5.66. The number of hydrogen-bond donors (Lipinski definition) is 2. The van der Waals surface area contributed by atoms with Crippen molar-refractivity contribution in [3.8, 4) is 0 Å². The average molecular weight is 286 g/mol. The van der Waals surface area contributed by atoms with E-state index >= 15 is 0 Å². The number of hydrogen-bond acceptors (Lipinski definition) is 4. The third kappa shape index (κ3) is 12.4. The number of unbranched alkanes of at least 4 members (excludes halogenated alkanes) is 9. The van der Waals surface area contributed by atoms with Crippen LogP contribution in [0.3, 0.4) is 0 Å². The molecule has 20 heavy (non-hydrogen) atoms. The zero-order valence-electron chi connectivity index (χ0n) is 13.4. The molecular formula is C16H34N2O2. The van der Waals surface area contributed by atoms with E-state index in [1.54, 1.807) is 0 Å². The van der Waals surface area contributed by atoms with Crippen molar-refractivity contribution in [2.45, 2.75) is 96.7 Å². The Labute approximate surface area is 124 Å². The molecule has 0 aromatic rings. The van der Waals surface area contributed by atoms with Gasteiger partial charge in [-0.1, -0.05) is 71.1 Å². The molecule has 0 saturated heterocycles. The molecule has 0 radical (unpaired) electrons. The van der Waals surface area contributed by atoms with Gasteiger partial charge in [0.05, 0.1) is 6.04 Å². The van der Waals surface area contributed by atoms with Gasteiger partial charge in [-0.3, -0.25) is 10.5 Å². The van der Waals surface area contributed by atoms with E-state index in [-0.39, 0.29) is 12.0 Å². The summed E-state index contributed by atoms with van der Waals surface area (Å²) in [5, 5.41) is 0. The lowest BCUT2D eigenvalue weighted by atomic mass is 10.0. The highest BCUT2D eigenvalue weighted by atomic mass is 16.6. The molecule has 2 atom stereocenters. The van der Waals surface area contributed by atoms with Gasteiger partial charge in [0.25, 0.3) is 0 Å². The molecule has 0 saturated carbocycles. The molecule has 0 aliphatic carbocycles. The first-order valence-corrected chi connectivity index (χ1v) is 8.26. The highest BCUT2D eigenvalue weighted by Crippen LogP contribution is 2.12. The van der Waals surface area contributed by atoms with Crippen molar-refractivity contribution in [3.63, 3.8) is 0 Å². The van der Waals surface area contributed by atoms with E-state index in [4.69, 9.17) is 16.2 Å². The van der Waals surface area contributed by atoms with E-state index in [1.165, 1.54) is 64.7 Å². The van der Waals surface area contributed by atoms with Gasteiger partial charge in [-0.2, -0.15) is 0 Å². The minimum atomic E-state index is -0.661. The van der Waals surface area contributed by atoms with E-state index < -0.39 is 6.23 Å². The number of nitrogens with two attached hydrogens (primary N) is 2. The number of carbonyl (C=O) groups is 1. The van der Waals surface area contributed by atoms with Crippen molar-refractivity contribution in [1.29, 1.82) is 0 Å². The molecule has 0 bridgehead atoms. The lowest BCUT2D eigenvalue weighted by Crippen LogP contribution is -2.44. The molecule has 0 spiro atoms. The molecule has 4 N–H and O–H groups in total. The maximum Gasteiger partial charge on any atom is 0.304 e. The second kappa shape index (κ2) is 13.4. The summed E-state index contributed by atoms with van der Waals surface area (Å²) in [5.41, 5.74) is 11.5. The molecule has 0 aliphatic rings. The van der Waals surface area contributed by atoms with E-state index in [0.717, 1.165) is 12.8 Å². The fraction of sp³-hybridized carbons (Fsp3) is 0.938. The molecule has 0 heterocycles. The van der Waals surface area contributed by atoms with Gasteiger partial charge in [0.1, 0.15) is 0 Å². The monoisotopic (exact) mass is 286 g/mol. The van der Waals surface area contributed by atoms with Crippen molar-refractivity contribution in [2.24, 2.45) is 11.5 Å². The van der Waals surface area contributed by atoms with Gasteiger partial charge in [-0.05, 0) is 6.42 Å². The summed E-state index contributed by atoms with van der Waals surface area (Å²) in [4.78, 5) is 10.7. The van der Waals surface area contributed by atoms with Gasteiger partial charge in [0.15, 0.2) is 6.23 Å². The van der Waals surface area contributed by atoms with Crippen LogP contribution in [-0.2, 0) is 9.53 Å². The van der Waals surface area contributed by atoms with Crippen LogP contribution in [0.1, 0.15) is 84.5 Å². The fourth-order valence-electron chi connectivity index (χ4n) is 2.31. The van der Waals surface area contributed by atoms with E-state index in [1.807, 2.05) is 0 Å². The Bertz CT molecular complexity index is 235. The Morgan fingerprint density at radius 3 is 1.80 bits per heavy atom. The molecule has 0 aromatic heterocycles. The van der Waals surface area contributed by atoms with Gasteiger partial charge in [-0.25, -0.2) is 0 Å². The van der Waals surface area contributed by atoms with Gasteiger partial charge in [0.2, 0.25) is 0 Å². The topological polar surface area (TPSA) is 78.3 Å². The summed E-state index contributed by atoms with van der Waals surface area (Å²) in [5.74, 6) is -0.365. The third-order valence-corrected chi connectivity index (χ3v) is 3.62. The first kappa shape index (κ1) is 19.4. The first-order valence-electron chi connectivity index (χ1n) is 8.26. The second-order valence-electron chi connectivity index (χ2n) is 5.71. The van der Waals surface area contributed by atoms with Crippen LogP contribution in [0.25, 0.3) is 0 Å². The Balaban J connectivity index is 3.28. The Hall–Kier alpha value is -0.610. The quantitative estimate of drug-likeness (QED) is 0.309. The maximum absolute atomic E-state index is 10.7. The molecule has 0 fully saturated rings. The molecule has 2 unspecified atom stereocenters. The number of ether oxygens (including phenoxy) is 1. The lowest BCUT2D eigenvalue weighted by molar-refractivity contribution is -0.147. The van der Waals surface area contributed by atoms with Crippen LogP contribution in [0.15, 0.2) is 0 Å². The molecule has 0 rings (SSSR count). The van der Waals surface area contributed by atoms with Crippen molar-refractivity contribution < 1.29 is 9.53 Å². The zero-order valence-corrected chi connectivity index (χ0v) is 13.4. The summed E-state index contributed by atoms with van der Waals surface area (Å²) in [6.45, 7) is 3.60.